The first-order valence-corrected chi connectivity index (χ1v) is 11.2. The molecule has 0 N–H and O–H groups in total. The minimum absolute atomic E-state index is 0.143. The smallest absolute Gasteiger partial charge is 0.417 e. The number of ether oxygens (including phenoxy) is 2. The molecule has 2 fully saturated rings. The number of amides is 2. The third-order valence-electron chi connectivity index (χ3n) is 5.10. The summed E-state index contributed by atoms with van der Waals surface area (Å²) < 4.78 is 37.7. The largest absolute Gasteiger partial charge is 0.456 e. The average molecular weight is 451 g/mol. The van der Waals surface area contributed by atoms with Crippen LogP contribution < -0.4 is 4.74 Å². The predicted octanol–water partition coefficient (Wildman–Crippen LogP) is 3.26. The van der Waals surface area contributed by atoms with E-state index in [2.05, 4.69) is 0 Å². The molecule has 2 aromatic carbocycles. The molecule has 2 aliphatic rings. The fourth-order valence-corrected chi connectivity index (χ4v) is 5.19. The Hall–Kier alpha value is -2.62. The molecular weight excluding hydrogens is 432 g/mol. The molecule has 0 unspecified atom stereocenters. The molecular formula is C20H19ClN2O6S. The number of hydrogen-bond acceptors (Lipinski definition) is 6. The third-order valence-corrected chi connectivity index (χ3v) is 7.32. The number of nitrogens with zero attached hydrogens (tertiary/aromatic N) is 2. The van der Waals surface area contributed by atoms with Gasteiger partial charge in [-0.2, -0.15) is 4.31 Å². The molecule has 2 heterocycles. The lowest BCUT2D eigenvalue weighted by Crippen LogP contribution is -2.48. The Morgan fingerprint density at radius 2 is 1.67 bits per heavy atom. The van der Waals surface area contributed by atoms with Gasteiger partial charge in [0, 0.05) is 19.1 Å². The van der Waals surface area contributed by atoms with Crippen molar-refractivity contribution in [3.63, 3.8) is 0 Å². The molecule has 0 radical (unpaired) electrons. The molecule has 4 rings (SSSR count). The molecule has 2 aromatic rings. The highest BCUT2D eigenvalue weighted by Crippen LogP contribution is 2.30. The van der Waals surface area contributed by atoms with Gasteiger partial charge in [-0.3, -0.25) is 4.79 Å². The van der Waals surface area contributed by atoms with E-state index in [1.165, 1.54) is 16.4 Å². The minimum atomic E-state index is -3.70. The first-order chi connectivity index (χ1) is 14.4. The summed E-state index contributed by atoms with van der Waals surface area (Å²) in [6.07, 6.45) is 0.0806. The summed E-state index contributed by atoms with van der Waals surface area (Å²) in [6, 6.07) is 12.8. The van der Waals surface area contributed by atoms with E-state index in [1.54, 1.807) is 36.4 Å². The zero-order chi connectivity index (χ0) is 21.3. The molecule has 2 saturated heterocycles. The van der Waals surface area contributed by atoms with E-state index in [1.807, 2.05) is 0 Å². The van der Waals surface area contributed by atoms with Crippen molar-refractivity contribution in [3.05, 3.63) is 53.6 Å². The highest BCUT2D eigenvalue weighted by molar-refractivity contribution is 7.89. The molecule has 2 amide bonds. The SMILES string of the molecule is O=C1COC(=O)N1C1CCN(S(=O)(=O)c2ccc(Oc3ccccc3Cl)cc2)CC1. The topological polar surface area (TPSA) is 93.2 Å². The Morgan fingerprint density at radius 3 is 2.27 bits per heavy atom. The van der Waals surface area contributed by atoms with Crippen molar-refractivity contribution in [3.8, 4) is 11.5 Å². The van der Waals surface area contributed by atoms with Gasteiger partial charge in [-0.15, -0.1) is 0 Å². The zero-order valence-corrected chi connectivity index (χ0v) is 17.4. The molecule has 0 bridgehead atoms. The summed E-state index contributed by atoms with van der Waals surface area (Å²) in [5.74, 6) is 0.564. The molecule has 2 aliphatic heterocycles. The van der Waals surface area contributed by atoms with Crippen LogP contribution in [0.5, 0.6) is 11.5 Å². The standard InChI is InChI=1S/C20H19ClN2O6S/c21-17-3-1-2-4-18(17)29-15-5-7-16(8-6-15)30(26,27)22-11-9-14(10-12-22)23-19(24)13-28-20(23)25/h1-8,14H,9-13H2. The van der Waals surface area contributed by atoms with Crippen LogP contribution in [0.1, 0.15) is 12.8 Å². The number of sulfonamides is 1. The van der Waals surface area contributed by atoms with Gasteiger partial charge in [-0.25, -0.2) is 18.1 Å². The summed E-state index contributed by atoms with van der Waals surface area (Å²) in [5.41, 5.74) is 0. The number of carbonyl (C=O) groups excluding carboxylic acids is 2. The Bertz CT molecular complexity index is 1050. The van der Waals surface area contributed by atoms with Gasteiger partial charge in [0.25, 0.3) is 5.91 Å². The van der Waals surface area contributed by atoms with E-state index in [4.69, 9.17) is 21.1 Å². The van der Waals surface area contributed by atoms with E-state index < -0.39 is 16.1 Å². The van der Waals surface area contributed by atoms with Crippen LogP contribution >= 0.6 is 11.6 Å². The van der Waals surface area contributed by atoms with Gasteiger partial charge >= 0.3 is 6.09 Å². The first kappa shape index (κ1) is 20.6. The highest BCUT2D eigenvalue weighted by atomic mass is 35.5. The molecule has 158 valence electrons. The molecule has 10 heteroatoms. The summed E-state index contributed by atoms with van der Waals surface area (Å²) >= 11 is 6.08. The van der Waals surface area contributed by atoms with E-state index in [0.717, 1.165) is 4.90 Å². The van der Waals surface area contributed by atoms with Crippen LogP contribution in [0.25, 0.3) is 0 Å². The maximum Gasteiger partial charge on any atom is 0.417 e. The van der Waals surface area contributed by atoms with Gasteiger partial charge in [0.05, 0.1) is 9.92 Å². The molecule has 0 aromatic heterocycles. The molecule has 0 aliphatic carbocycles. The molecule has 8 nitrogen and oxygen atoms in total. The normalized spacial score (nSPS) is 18.5. The third kappa shape index (κ3) is 4.00. The van der Waals surface area contributed by atoms with Crippen LogP contribution in [-0.4, -0.2) is 55.4 Å². The summed E-state index contributed by atoms with van der Waals surface area (Å²) in [5, 5.41) is 0.456. The maximum atomic E-state index is 13.0. The van der Waals surface area contributed by atoms with Crippen LogP contribution in [-0.2, 0) is 19.6 Å². The average Bonchev–Trinajstić information content (AvgIpc) is 3.08. The Morgan fingerprint density at radius 1 is 1.00 bits per heavy atom. The van der Waals surface area contributed by atoms with Crippen LogP contribution in [0.4, 0.5) is 4.79 Å². The second kappa shape index (κ2) is 8.25. The monoisotopic (exact) mass is 450 g/mol. The van der Waals surface area contributed by atoms with Crippen molar-refractivity contribution in [2.24, 2.45) is 0 Å². The van der Waals surface area contributed by atoms with Crippen molar-refractivity contribution < 1.29 is 27.5 Å². The number of hydrogen-bond donors (Lipinski definition) is 0. The summed E-state index contributed by atoms with van der Waals surface area (Å²) in [7, 11) is -3.70. The number of piperidine rings is 1. The Labute approximate surface area is 179 Å². The maximum absolute atomic E-state index is 13.0. The van der Waals surface area contributed by atoms with Gasteiger partial charge in [-0.1, -0.05) is 23.7 Å². The fourth-order valence-electron chi connectivity index (χ4n) is 3.54. The van der Waals surface area contributed by atoms with Crippen molar-refractivity contribution in [1.82, 2.24) is 9.21 Å². The van der Waals surface area contributed by atoms with Gasteiger partial charge in [-0.05, 0) is 49.2 Å². The number of halogens is 1. The lowest BCUT2D eigenvalue weighted by molar-refractivity contribution is -0.127. The van der Waals surface area contributed by atoms with Gasteiger partial charge in [0.1, 0.15) is 11.5 Å². The van der Waals surface area contributed by atoms with E-state index in [0.29, 0.717) is 29.4 Å². The van der Waals surface area contributed by atoms with E-state index in [-0.39, 0.29) is 36.5 Å². The highest BCUT2D eigenvalue weighted by Gasteiger charge is 2.40. The first-order valence-electron chi connectivity index (χ1n) is 9.37. The minimum Gasteiger partial charge on any atom is -0.456 e. The second-order valence-corrected chi connectivity index (χ2v) is 9.30. The molecule has 0 saturated carbocycles. The Kier molecular flexibility index (Phi) is 5.68. The van der Waals surface area contributed by atoms with Crippen molar-refractivity contribution in [1.29, 1.82) is 0 Å². The predicted molar refractivity (Wildman–Crippen MR) is 108 cm³/mol. The molecule has 0 spiro atoms. The number of rotatable bonds is 5. The zero-order valence-electron chi connectivity index (χ0n) is 15.9. The van der Waals surface area contributed by atoms with Gasteiger partial charge < -0.3 is 9.47 Å². The molecule has 30 heavy (non-hydrogen) atoms. The number of benzene rings is 2. The number of cyclic esters (lactones) is 1. The van der Waals surface area contributed by atoms with Crippen LogP contribution in [0.3, 0.4) is 0 Å². The number of carbonyl (C=O) groups is 2. The van der Waals surface area contributed by atoms with Crippen molar-refractivity contribution in [2.45, 2.75) is 23.8 Å². The summed E-state index contributed by atoms with van der Waals surface area (Å²) in [4.78, 5) is 24.7. The summed E-state index contributed by atoms with van der Waals surface area (Å²) in [6.45, 7) is 0.170. The lowest BCUT2D eigenvalue weighted by atomic mass is 10.1. The number of para-hydroxylation sites is 1. The second-order valence-electron chi connectivity index (χ2n) is 6.96. The number of imide groups is 1. The van der Waals surface area contributed by atoms with Crippen LogP contribution in [0, 0.1) is 0 Å². The molecule has 0 atom stereocenters. The van der Waals surface area contributed by atoms with Gasteiger partial charge in [0.15, 0.2) is 6.61 Å². The van der Waals surface area contributed by atoms with Gasteiger partial charge in [0.2, 0.25) is 10.0 Å². The van der Waals surface area contributed by atoms with E-state index >= 15 is 0 Å². The van der Waals surface area contributed by atoms with Crippen LogP contribution in [0.15, 0.2) is 53.4 Å². The lowest BCUT2D eigenvalue weighted by Gasteiger charge is -2.33. The van der Waals surface area contributed by atoms with E-state index in [9.17, 15) is 18.0 Å². The quantitative estimate of drug-likeness (QED) is 0.694. The van der Waals surface area contributed by atoms with Crippen LogP contribution in [0.2, 0.25) is 5.02 Å². The van der Waals surface area contributed by atoms with Crippen molar-refractivity contribution in [2.75, 3.05) is 19.7 Å². The fraction of sp³-hybridized carbons (Fsp3) is 0.300. The van der Waals surface area contributed by atoms with Crippen molar-refractivity contribution >= 4 is 33.6 Å². The Balaban J connectivity index is 1.42.